The Morgan fingerprint density at radius 1 is 1.17 bits per heavy atom. The Morgan fingerprint density at radius 2 is 1.89 bits per heavy atom. The highest BCUT2D eigenvalue weighted by atomic mass is 19.1. The van der Waals surface area contributed by atoms with Gasteiger partial charge in [0.1, 0.15) is 5.82 Å². The van der Waals surface area contributed by atoms with Crippen LogP contribution in [0, 0.1) is 5.82 Å². The third-order valence-corrected chi connectivity index (χ3v) is 2.64. The molecule has 3 nitrogen and oxygen atoms in total. The summed E-state index contributed by atoms with van der Waals surface area (Å²) in [5, 5.41) is 0. The van der Waals surface area contributed by atoms with E-state index in [2.05, 4.69) is 6.92 Å². The SMILES string of the molecule is CCCCOCCOC(CN)c1ccc(F)cc1. The summed E-state index contributed by atoms with van der Waals surface area (Å²) < 4.78 is 23.8. The standard InChI is InChI=1S/C14H22FNO2/c1-2-3-8-17-9-10-18-14(11-16)12-4-6-13(15)7-5-12/h4-7,14H,2-3,8-11,16H2,1H3. The highest BCUT2D eigenvalue weighted by Gasteiger charge is 2.09. The maximum Gasteiger partial charge on any atom is 0.123 e. The first kappa shape index (κ1) is 15.1. The summed E-state index contributed by atoms with van der Waals surface area (Å²) in [7, 11) is 0. The second-order valence-corrected chi connectivity index (χ2v) is 4.11. The zero-order chi connectivity index (χ0) is 13.2. The molecule has 0 heterocycles. The van der Waals surface area contributed by atoms with Crippen LogP contribution < -0.4 is 5.73 Å². The minimum absolute atomic E-state index is 0.194. The summed E-state index contributed by atoms with van der Waals surface area (Å²) in [5.41, 5.74) is 6.54. The minimum Gasteiger partial charge on any atom is -0.379 e. The van der Waals surface area contributed by atoms with Gasteiger partial charge in [0.2, 0.25) is 0 Å². The lowest BCUT2D eigenvalue weighted by molar-refractivity contribution is 0.00693. The first-order valence-electron chi connectivity index (χ1n) is 6.42. The summed E-state index contributed by atoms with van der Waals surface area (Å²) in [6.45, 7) is 4.34. The topological polar surface area (TPSA) is 44.5 Å². The molecule has 2 N–H and O–H groups in total. The van der Waals surface area contributed by atoms with E-state index in [-0.39, 0.29) is 11.9 Å². The smallest absolute Gasteiger partial charge is 0.123 e. The van der Waals surface area contributed by atoms with E-state index in [1.165, 1.54) is 12.1 Å². The van der Waals surface area contributed by atoms with Crippen LogP contribution in [0.1, 0.15) is 31.4 Å². The van der Waals surface area contributed by atoms with Gasteiger partial charge in [0.05, 0.1) is 19.3 Å². The van der Waals surface area contributed by atoms with Crippen molar-refractivity contribution in [2.75, 3.05) is 26.4 Å². The van der Waals surface area contributed by atoms with Crippen molar-refractivity contribution in [1.82, 2.24) is 0 Å². The predicted octanol–water partition coefficient (Wildman–Crippen LogP) is 2.66. The third kappa shape index (κ3) is 5.58. The Bertz CT molecular complexity index is 316. The zero-order valence-electron chi connectivity index (χ0n) is 10.9. The number of rotatable bonds is 9. The molecular weight excluding hydrogens is 233 g/mol. The molecule has 1 aromatic rings. The molecule has 1 atom stereocenters. The number of ether oxygens (including phenoxy) is 2. The van der Waals surface area contributed by atoms with Crippen LogP contribution in [0.2, 0.25) is 0 Å². The molecule has 0 fully saturated rings. The minimum atomic E-state index is -0.252. The average molecular weight is 255 g/mol. The van der Waals surface area contributed by atoms with Crippen molar-refractivity contribution in [3.05, 3.63) is 35.6 Å². The van der Waals surface area contributed by atoms with Crippen LogP contribution in [0.4, 0.5) is 4.39 Å². The normalized spacial score (nSPS) is 12.6. The lowest BCUT2D eigenvalue weighted by Crippen LogP contribution is -2.18. The highest BCUT2D eigenvalue weighted by Crippen LogP contribution is 2.16. The van der Waals surface area contributed by atoms with Crippen LogP contribution in [-0.4, -0.2) is 26.4 Å². The highest BCUT2D eigenvalue weighted by molar-refractivity contribution is 5.18. The number of hydrogen-bond acceptors (Lipinski definition) is 3. The summed E-state index contributed by atoms with van der Waals surface area (Å²) in [6, 6.07) is 6.23. The van der Waals surface area contributed by atoms with Crippen molar-refractivity contribution in [3.8, 4) is 0 Å². The van der Waals surface area contributed by atoms with E-state index in [9.17, 15) is 4.39 Å². The second-order valence-electron chi connectivity index (χ2n) is 4.11. The van der Waals surface area contributed by atoms with Crippen LogP contribution in [0.5, 0.6) is 0 Å². The van der Waals surface area contributed by atoms with Gasteiger partial charge in [0, 0.05) is 13.2 Å². The van der Waals surface area contributed by atoms with E-state index >= 15 is 0 Å². The van der Waals surface area contributed by atoms with Crippen LogP contribution in [0.3, 0.4) is 0 Å². The van der Waals surface area contributed by atoms with Gasteiger partial charge in [-0.25, -0.2) is 4.39 Å². The first-order valence-corrected chi connectivity index (χ1v) is 6.42. The van der Waals surface area contributed by atoms with E-state index < -0.39 is 0 Å². The molecule has 0 saturated carbocycles. The van der Waals surface area contributed by atoms with Crippen LogP contribution in [-0.2, 0) is 9.47 Å². The lowest BCUT2D eigenvalue weighted by Gasteiger charge is -2.16. The van der Waals surface area contributed by atoms with Gasteiger partial charge in [-0.2, -0.15) is 0 Å². The van der Waals surface area contributed by atoms with Gasteiger partial charge in [-0.15, -0.1) is 0 Å². The molecule has 0 aromatic heterocycles. The molecule has 0 radical (unpaired) electrons. The van der Waals surface area contributed by atoms with Gasteiger partial charge in [-0.3, -0.25) is 0 Å². The Morgan fingerprint density at radius 3 is 2.50 bits per heavy atom. The van der Waals surface area contributed by atoms with E-state index in [1.54, 1.807) is 12.1 Å². The number of unbranched alkanes of at least 4 members (excludes halogenated alkanes) is 1. The molecule has 1 aromatic carbocycles. The maximum absolute atomic E-state index is 12.8. The van der Waals surface area contributed by atoms with Crippen molar-refractivity contribution in [1.29, 1.82) is 0 Å². The number of nitrogens with two attached hydrogens (primary N) is 1. The maximum atomic E-state index is 12.8. The van der Waals surface area contributed by atoms with Crippen molar-refractivity contribution in [2.45, 2.75) is 25.9 Å². The molecule has 102 valence electrons. The largest absolute Gasteiger partial charge is 0.379 e. The zero-order valence-corrected chi connectivity index (χ0v) is 10.9. The van der Waals surface area contributed by atoms with Gasteiger partial charge in [-0.05, 0) is 24.1 Å². The fourth-order valence-electron chi connectivity index (χ4n) is 1.58. The third-order valence-electron chi connectivity index (χ3n) is 2.64. The summed E-state index contributed by atoms with van der Waals surface area (Å²) in [4.78, 5) is 0. The second kappa shape index (κ2) is 9.03. The monoisotopic (exact) mass is 255 g/mol. The van der Waals surface area contributed by atoms with Crippen molar-refractivity contribution < 1.29 is 13.9 Å². The van der Waals surface area contributed by atoms with E-state index in [0.29, 0.717) is 19.8 Å². The van der Waals surface area contributed by atoms with Gasteiger partial charge < -0.3 is 15.2 Å². The summed E-state index contributed by atoms with van der Waals surface area (Å²) >= 11 is 0. The average Bonchev–Trinajstić information content (AvgIpc) is 2.39. The Kier molecular flexibility index (Phi) is 7.57. The Labute approximate surface area is 108 Å². The number of hydrogen-bond donors (Lipinski definition) is 1. The van der Waals surface area contributed by atoms with Gasteiger partial charge in [-0.1, -0.05) is 25.5 Å². The van der Waals surface area contributed by atoms with E-state index in [4.69, 9.17) is 15.2 Å². The Hall–Kier alpha value is -0.970. The van der Waals surface area contributed by atoms with Gasteiger partial charge >= 0.3 is 0 Å². The molecular formula is C14H22FNO2. The van der Waals surface area contributed by atoms with Crippen molar-refractivity contribution in [3.63, 3.8) is 0 Å². The molecule has 0 bridgehead atoms. The summed E-state index contributed by atoms with van der Waals surface area (Å²) in [5.74, 6) is -0.252. The number of benzene rings is 1. The molecule has 0 aliphatic rings. The molecule has 18 heavy (non-hydrogen) atoms. The van der Waals surface area contributed by atoms with Crippen LogP contribution in [0.25, 0.3) is 0 Å². The molecule has 0 spiro atoms. The van der Waals surface area contributed by atoms with E-state index in [0.717, 1.165) is 25.0 Å². The molecule has 4 heteroatoms. The molecule has 0 amide bonds. The fraction of sp³-hybridized carbons (Fsp3) is 0.571. The van der Waals surface area contributed by atoms with Crippen molar-refractivity contribution >= 4 is 0 Å². The van der Waals surface area contributed by atoms with Gasteiger partial charge in [0.15, 0.2) is 0 Å². The summed E-state index contributed by atoms with van der Waals surface area (Å²) in [6.07, 6.45) is 2.00. The van der Waals surface area contributed by atoms with Gasteiger partial charge in [0.25, 0.3) is 0 Å². The number of halogens is 1. The van der Waals surface area contributed by atoms with Crippen LogP contribution in [0.15, 0.2) is 24.3 Å². The lowest BCUT2D eigenvalue weighted by atomic mass is 10.1. The Balaban J connectivity index is 2.27. The molecule has 1 unspecified atom stereocenters. The first-order chi connectivity index (χ1) is 8.77. The molecule has 1 rings (SSSR count). The fourth-order valence-corrected chi connectivity index (χ4v) is 1.58. The molecule has 0 aliphatic heterocycles. The van der Waals surface area contributed by atoms with E-state index in [1.807, 2.05) is 0 Å². The predicted molar refractivity (Wildman–Crippen MR) is 69.9 cm³/mol. The molecule has 0 saturated heterocycles. The van der Waals surface area contributed by atoms with Crippen molar-refractivity contribution in [2.24, 2.45) is 5.73 Å². The quantitative estimate of drug-likeness (QED) is 0.690. The van der Waals surface area contributed by atoms with Crippen LogP contribution >= 0.6 is 0 Å². The molecule has 0 aliphatic carbocycles.